The van der Waals surface area contributed by atoms with Gasteiger partial charge in [0.05, 0.1) is 24.2 Å². The molecule has 1 aromatic heterocycles. The molecule has 1 aromatic rings. The van der Waals surface area contributed by atoms with Crippen LogP contribution in [-0.4, -0.2) is 30.6 Å². The summed E-state index contributed by atoms with van der Waals surface area (Å²) in [6.07, 6.45) is 15.9. The molecule has 0 bridgehead atoms. The first-order valence-corrected chi connectivity index (χ1v) is 10.2. The van der Waals surface area contributed by atoms with Crippen LogP contribution in [0.15, 0.2) is 18.3 Å². The predicted molar refractivity (Wildman–Crippen MR) is 104 cm³/mol. The highest BCUT2D eigenvalue weighted by molar-refractivity contribution is 5.96. The minimum Gasteiger partial charge on any atom is -0.477 e. The Morgan fingerprint density at radius 2 is 1.96 bits per heavy atom. The van der Waals surface area contributed by atoms with E-state index >= 15 is 0 Å². The lowest BCUT2D eigenvalue weighted by atomic mass is 9.93. The standard InChI is InChI=1S/C21H29N3O2/c25-20(16-9-5-2-1-3-6-10-16)23-18-15-22-21-17(11-14-26-21)19(18)24-12-7-4-8-13-24/h1-2,15-16H,3-14H2,(H,23,25)/b2-1-. The Balaban J connectivity index is 1.57. The molecule has 1 N–H and O–H groups in total. The molecule has 1 unspecified atom stereocenters. The number of rotatable bonds is 3. The molecule has 0 radical (unpaired) electrons. The number of hydrogen-bond donors (Lipinski definition) is 1. The molecule has 0 spiro atoms. The van der Waals surface area contributed by atoms with Gasteiger partial charge >= 0.3 is 0 Å². The summed E-state index contributed by atoms with van der Waals surface area (Å²) in [4.78, 5) is 19.9. The van der Waals surface area contributed by atoms with E-state index in [1.807, 2.05) is 0 Å². The number of fused-ring (bicyclic) bond motifs is 1. The van der Waals surface area contributed by atoms with Crippen molar-refractivity contribution in [2.24, 2.45) is 5.92 Å². The van der Waals surface area contributed by atoms with Crippen LogP contribution in [0, 0.1) is 5.92 Å². The Morgan fingerprint density at radius 3 is 2.85 bits per heavy atom. The van der Waals surface area contributed by atoms with Gasteiger partial charge in [-0.25, -0.2) is 4.98 Å². The first kappa shape index (κ1) is 17.4. The third kappa shape index (κ3) is 3.71. The molecule has 0 saturated carbocycles. The van der Waals surface area contributed by atoms with E-state index in [2.05, 4.69) is 27.4 Å². The van der Waals surface area contributed by atoms with Gasteiger partial charge < -0.3 is 15.0 Å². The monoisotopic (exact) mass is 355 g/mol. The van der Waals surface area contributed by atoms with Crippen molar-refractivity contribution < 1.29 is 9.53 Å². The van der Waals surface area contributed by atoms with Gasteiger partial charge in [0, 0.05) is 31.0 Å². The summed E-state index contributed by atoms with van der Waals surface area (Å²) in [5.74, 6) is 0.998. The maximum Gasteiger partial charge on any atom is 0.227 e. The Morgan fingerprint density at radius 1 is 1.12 bits per heavy atom. The number of nitrogens with zero attached hydrogens (tertiary/aromatic N) is 2. The molecule has 140 valence electrons. The molecule has 3 heterocycles. The maximum atomic E-state index is 13.0. The van der Waals surface area contributed by atoms with Crippen LogP contribution >= 0.6 is 0 Å². The fourth-order valence-electron chi connectivity index (χ4n) is 4.35. The Kier molecular flexibility index (Phi) is 5.42. The normalized spacial score (nSPS) is 24.2. The van der Waals surface area contributed by atoms with Crippen molar-refractivity contribution in [1.82, 2.24) is 4.98 Å². The lowest BCUT2D eigenvalue weighted by Crippen LogP contribution is -2.32. The molecule has 1 amide bonds. The molecule has 3 aliphatic rings. The van der Waals surface area contributed by atoms with Crippen molar-refractivity contribution in [3.63, 3.8) is 0 Å². The van der Waals surface area contributed by atoms with Gasteiger partial charge in [0.2, 0.25) is 11.8 Å². The van der Waals surface area contributed by atoms with E-state index in [0.717, 1.165) is 68.9 Å². The number of hydrogen-bond acceptors (Lipinski definition) is 4. The largest absolute Gasteiger partial charge is 0.477 e. The summed E-state index contributed by atoms with van der Waals surface area (Å²) in [6, 6.07) is 0. The number of pyridine rings is 1. The molecule has 4 rings (SSSR count). The summed E-state index contributed by atoms with van der Waals surface area (Å²) in [6.45, 7) is 2.79. The van der Waals surface area contributed by atoms with E-state index in [1.165, 1.54) is 24.8 Å². The number of ether oxygens (including phenoxy) is 1. The summed E-state index contributed by atoms with van der Waals surface area (Å²) >= 11 is 0. The summed E-state index contributed by atoms with van der Waals surface area (Å²) in [5.41, 5.74) is 3.20. The molecular weight excluding hydrogens is 326 g/mol. The highest BCUT2D eigenvalue weighted by atomic mass is 16.5. The molecular formula is C21H29N3O2. The number of carbonyl (C=O) groups is 1. The quantitative estimate of drug-likeness (QED) is 0.830. The van der Waals surface area contributed by atoms with Gasteiger partial charge in [0.1, 0.15) is 0 Å². The lowest BCUT2D eigenvalue weighted by Gasteiger charge is -2.32. The minimum atomic E-state index is 0.0960. The van der Waals surface area contributed by atoms with Gasteiger partial charge in [-0.1, -0.05) is 12.2 Å². The molecule has 1 atom stereocenters. The van der Waals surface area contributed by atoms with Gasteiger partial charge in [-0.3, -0.25) is 4.79 Å². The highest BCUT2D eigenvalue weighted by Crippen LogP contribution is 2.39. The van der Waals surface area contributed by atoms with Crippen molar-refractivity contribution in [2.75, 3.05) is 29.9 Å². The zero-order valence-electron chi connectivity index (χ0n) is 15.5. The number of nitrogens with one attached hydrogen (secondary N) is 1. The van der Waals surface area contributed by atoms with Gasteiger partial charge in [0.15, 0.2) is 0 Å². The third-order valence-corrected chi connectivity index (χ3v) is 5.77. The predicted octanol–water partition coefficient (Wildman–Crippen LogP) is 4.08. The SMILES string of the molecule is O=C(Nc1cnc2c(c1N1CCCCC1)CCO2)C1CC/C=C\CCC1. The second kappa shape index (κ2) is 8.11. The van der Waals surface area contributed by atoms with E-state index in [-0.39, 0.29) is 11.8 Å². The molecule has 2 aliphatic heterocycles. The van der Waals surface area contributed by atoms with Gasteiger partial charge in [0.25, 0.3) is 0 Å². The highest BCUT2D eigenvalue weighted by Gasteiger charge is 2.27. The number of carbonyl (C=O) groups excluding carboxylic acids is 1. The van der Waals surface area contributed by atoms with Crippen molar-refractivity contribution in [3.05, 3.63) is 23.9 Å². The average molecular weight is 355 g/mol. The fourth-order valence-corrected chi connectivity index (χ4v) is 4.35. The fraction of sp³-hybridized carbons (Fsp3) is 0.619. The number of piperidine rings is 1. The smallest absolute Gasteiger partial charge is 0.227 e. The van der Waals surface area contributed by atoms with E-state index in [4.69, 9.17) is 4.74 Å². The topological polar surface area (TPSA) is 54.5 Å². The molecule has 5 nitrogen and oxygen atoms in total. The second-order valence-corrected chi connectivity index (χ2v) is 7.62. The first-order valence-electron chi connectivity index (χ1n) is 10.2. The maximum absolute atomic E-state index is 13.0. The molecule has 1 aliphatic carbocycles. The lowest BCUT2D eigenvalue weighted by molar-refractivity contribution is -0.120. The van der Waals surface area contributed by atoms with Crippen molar-refractivity contribution in [1.29, 1.82) is 0 Å². The summed E-state index contributed by atoms with van der Waals surface area (Å²) < 4.78 is 5.68. The van der Waals surface area contributed by atoms with Crippen molar-refractivity contribution >= 4 is 17.3 Å². The van der Waals surface area contributed by atoms with Gasteiger partial charge in [-0.05, 0) is 51.4 Å². The van der Waals surface area contributed by atoms with Crippen LogP contribution in [0.2, 0.25) is 0 Å². The minimum absolute atomic E-state index is 0.0960. The Hall–Kier alpha value is -2.04. The zero-order chi connectivity index (χ0) is 17.8. The van der Waals surface area contributed by atoms with E-state index in [1.54, 1.807) is 6.20 Å². The van der Waals surface area contributed by atoms with Crippen LogP contribution in [0.4, 0.5) is 11.4 Å². The summed E-state index contributed by atoms with van der Waals surface area (Å²) in [5, 5.41) is 3.23. The second-order valence-electron chi connectivity index (χ2n) is 7.62. The van der Waals surface area contributed by atoms with Crippen molar-refractivity contribution in [3.8, 4) is 5.88 Å². The third-order valence-electron chi connectivity index (χ3n) is 5.77. The molecule has 1 fully saturated rings. The Labute approximate surface area is 155 Å². The van der Waals surface area contributed by atoms with Gasteiger partial charge in [-0.2, -0.15) is 0 Å². The average Bonchev–Trinajstić information content (AvgIpc) is 3.10. The van der Waals surface area contributed by atoms with Crippen LogP contribution in [0.1, 0.15) is 56.9 Å². The number of amides is 1. The number of allylic oxidation sites excluding steroid dienone is 2. The molecule has 0 aromatic carbocycles. The van der Waals surface area contributed by atoms with E-state index in [0.29, 0.717) is 6.61 Å². The molecule has 1 saturated heterocycles. The van der Waals surface area contributed by atoms with E-state index < -0.39 is 0 Å². The number of anilines is 2. The first-order chi connectivity index (χ1) is 12.8. The van der Waals surface area contributed by atoms with Crippen LogP contribution in [0.5, 0.6) is 5.88 Å². The van der Waals surface area contributed by atoms with Crippen LogP contribution in [0.25, 0.3) is 0 Å². The molecule has 5 heteroatoms. The van der Waals surface area contributed by atoms with Gasteiger partial charge in [-0.15, -0.1) is 0 Å². The summed E-state index contributed by atoms with van der Waals surface area (Å²) in [7, 11) is 0. The number of aromatic nitrogens is 1. The van der Waals surface area contributed by atoms with Crippen LogP contribution in [-0.2, 0) is 11.2 Å². The molecule has 26 heavy (non-hydrogen) atoms. The van der Waals surface area contributed by atoms with E-state index in [9.17, 15) is 4.79 Å². The Bertz CT molecular complexity index is 680. The van der Waals surface area contributed by atoms with Crippen LogP contribution in [0.3, 0.4) is 0 Å². The zero-order valence-corrected chi connectivity index (χ0v) is 15.5. The van der Waals surface area contributed by atoms with Crippen molar-refractivity contribution in [2.45, 2.75) is 57.8 Å². The van der Waals surface area contributed by atoms with Crippen LogP contribution < -0.4 is 15.0 Å².